The van der Waals surface area contributed by atoms with Crippen LogP contribution in [0.5, 0.6) is 0 Å². The van der Waals surface area contributed by atoms with Crippen molar-refractivity contribution in [1.29, 1.82) is 0 Å². The van der Waals surface area contributed by atoms with E-state index in [2.05, 4.69) is 11.0 Å². The Morgan fingerprint density at radius 2 is 1.97 bits per heavy atom. The first kappa shape index (κ1) is 28.0. The molecule has 2 aromatic rings. The normalized spacial score (nSPS) is 23.8. The molecule has 1 fully saturated rings. The van der Waals surface area contributed by atoms with E-state index in [-0.39, 0.29) is 18.8 Å². The van der Waals surface area contributed by atoms with Crippen LogP contribution in [-0.2, 0) is 36.8 Å². The number of rotatable bonds is 12. The molecule has 0 saturated carbocycles. The highest BCUT2D eigenvalue weighted by Crippen LogP contribution is 2.29. The van der Waals surface area contributed by atoms with Crippen LogP contribution in [0.2, 0.25) is 0 Å². The lowest BCUT2D eigenvalue weighted by molar-refractivity contribution is -0.160. The van der Waals surface area contributed by atoms with Crippen LogP contribution in [-0.4, -0.2) is 72.6 Å². The molecular weight excluding hydrogens is 482 g/mol. The van der Waals surface area contributed by atoms with Crippen LogP contribution in [0, 0.1) is 6.92 Å². The molecule has 4 unspecified atom stereocenters. The zero-order valence-corrected chi connectivity index (χ0v) is 22.5. The van der Waals surface area contributed by atoms with Crippen LogP contribution >= 0.6 is 0 Å². The molecule has 38 heavy (non-hydrogen) atoms. The van der Waals surface area contributed by atoms with E-state index in [0.717, 1.165) is 42.4 Å². The third kappa shape index (κ3) is 7.07. The maximum absolute atomic E-state index is 12.5. The molecule has 4 rings (SSSR count). The minimum absolute atomic E-state index is 0.0906. The van der Waals surface area contributed by atoms with Crippen molar-refractivity contribution in [1.82, 2.24) is 4.90 Å². The van der Waals surface area contributed by atoms with Crippen molar-refractivity contribution >= 4 is 18.2 Å². The second-order valence-corrected chi connectivity index (χ2v) is 10.5. The van der Waals surface area contributed by atoms with Crippen molar-refractivity contribution in [2.24, 2.45) is 10.7 Å². The average molecular weight is 522 g/mol. The number of hydrogen-bond acceptors (Lipinski definition) is 8. The summed E-state index contributed by atoms with van der Waals surface area (Å²) in [7, 11) is 0. The van der Waals surface area contributed by atoms with Gasteiger partial charge in [0.2, 0.25) is 5.90 Å². The van der Waals surface area contributed by atoms with E-state index < -0.39 is 23.7 Å². The largest absolute Gasteiger partial charge is 0.477 e. The molecule has 0 aromatic heterocycles. The molecule has 0 amide bonds. The number of esters is 1. The molecular formula is C30H39N3O5. The highest BCUT2D eigenvalue weighted by atomic mass is 16.6. The summed E-state index contributed by atoms with van der Waals surface area (Å²) in [6.45, 7) is 7.45. The number of carbonyl (C=O) groups excluding carboxylic acids is 2. The highest BCUT2D eigenvalue weighted by molar-refractivity contribution is 5.87. The van der Waals surface area contributed by atoms with Crippen molar-refractivity contribution in [2.45, 2.75) is 76.5 Å². The van der Waals surface area contributed by atoms with Crippen LogP contribution in [0.4, 0.5) is 0 Å². The maximum atomic E-state index is 12.5. The lowest BCUT2D eigenvalue weighted by atomic mass is 9.93. The van der Waals surface area contributed by atoms with Crippen LogP contribution in [0.1, 0.15) is 43.4 Å². The molecule has 2 N–H and O–H groups in total. The number of benzene rings is 2. The van der Waals surface area contributed by atoms with Gasteiger partial charge >= 0.3 is 5.97 Å². The fourth-order valence-electron chi connectivity index (χ4n) is 5.02. The summed E-state index contributed by atoms with van der Waals surface area (Å²) in [6.07, 6.45) is 2.32. The van der Waals surface area contributed by atoms with Crippen molar-refractivity contribution in [3.8, 4) is 0 Å². The number of likely N-dealkylation sites (tertiary alicyclic amines) is 1. The van der Waals surface area contributed by atoms with Crippen molar-refractivity contribution in [3.63, 3.8) is 0 Å². The van der Waals surface area contributed by atoms with Gasteiger partial charge in [0.15, 0.2) is 11.8 Å². The molecule has 2 aliphatic heterocycles. The maximum Gasteiger partial charge on any atom is 0.323 e. The van der Waals surface area contributed by atoms with E-state index in [9.17, 15) is 9.59 Å². The number of ether oxygens (including phenoxy) is 3. The molecule has 0 bridgehead atoms. The first-order chi connectivity index (χ1) is 18.3. The molecule has 2 aromatic carbocycles. The van der Waals surface area contributed by atoms with Gasteiger partial charge in [-0.1, -0.05) is 60.2 Å². The minimum atomic E-state index is -0.926. The molecule has 2 aliphatic rings. The second kappa shape index (κ2) is 12.7. The van der Waals surface area contributed by atoms with Gasteiger partial charge in [-0.05, 0) is 51.3 Å². The Bertz CT molecular complexity index is 1120. The van der Waals surface area contributed by atoms with E-state index in [1.165, 1.54) is 0 Å². The number of carbonyl (C=O) groups is 2. The van der Waals surface area contributed by atoms with Crippen LogP contribution < -0.4 is 5.73 Å². The van der Waals surface area contributed by atoms with Gasteiger partial charge in [-0.15, -0.1) is 0 Å². The molecule has 5 atom stereocenters. The summed E-state index contributed by atoms with van der Waals surface area (Å²) in [5.74, 6) is 0.117. The quantitative estimate of drug-likeness (QED) is 0.338. The summed E-state index contributed by atoms with van der Waals surface area (Å²) >= 11 is 0. The third-order valence-electron chi connectivity index (χ3n) is 7.20. The number of aliphatic imine (C=N–C) groups is 1. The Morgan fingerprint density at radius 3 is 2.68 bits per heavy atom. The first-order valence-electron chi connectivity index (χ1n) is 13.4. The summed E-state index contributed by atoms with van der Waals surface area (Å²) < 4.78 is 18.0. The summed E-state index contributed by atoms with van der Waals surface area (Å²) in [5.41, 5.74) is 8.12. The molecule has 0 radical (unpaired) electrons. The van der Waals surface area contributed by atoms with Gasteiger partial charge in [0.25, 0.3) is 0 Å². The predicted molar refractivity (Wildman–Crippen MR) is 146 cm³/mol. The van der Waals surface area contributed by atoms with Gasteiger partial charge in [0.05, 0.1) is 18.8 Å². The van der Waals surface area contributed by atoms with Crippen LogP contribution in [0.3, 0.4) is 0 Å². The average Bonchev–Trinajstić information content (AvgIpc) is 3.54. The van der Waals surface area contributed by atoms with Gasteiger partial charge in [0.1, 0.15) is 18.8 Å². The van der Waals surface area contributed by atoms with E-state index in [4.69, 9.17) is 24.9 Å². The van der Waals surface area contributed by atoms with E-state index >= 15 is 0 Å². The minimum Gasteiger partial charge on any atom is -0.477 e. The fraction of sp³-hybridized carbons (Fsp3) is 0.500. The molecule has 1 saturated heterocycles. The number of aldehydes is 1. The third-order valence-corrected chi connectivity index (χ3v) is 7.20. The monoisotopic (exact) mass is 521 g/mol. The van der Waals surface area contributed by atoms with E-state index in [0.29, 0.717) is 25.5 Å². The standard InChI is InChI=1S/C30H39N3O5/c1-21-9-7-12-25(15-21)16-30(19-34)20-37-28(32-30)26-13-8-14-33(26)17-27(38-29(35)22(2)31)23(3)36-18-24-10-5-4-6-11-24/h4-7,9-12,15,19,22-23,26-27H,8,13-14,16-18,20,31H2,1-3H3/t22?,23?,26?,27?,30-/m0/s1. The number of aryl methyl sites for hydroxylation is 1. The predicted octanol–water partition coefficient (Wildman–Crippen LogP) is 3.23. The van der Waals surface area contributed by atoms with E-state index in [1.807, 2.05) is 62.4 Å². The van der Waals surface area contributed by atoms with Crippen molar-refractivity contribution in [2.75, 3.05) is 19.7 Å². The topological polar surface area (TPSA) is 103 Å². The number of nitrogens with two attached hydrogens (primary N) is 1. The lowest BCUT2D eigenvalue weighted by Crippen LogP contribution is -2.47. The zero-order valence-electron chi connectivity index (χ0n) is 22.5. The summed E-state index contributed by atoms with van der Waals surface area (Å²) in [4.78, 5) is 31.7. The zero-order chi connectivity index (χ0) is 27.1. The summed E-state index contributed by atoms with van der Waals surface area (Å²) in [5, 5.41) is 0. The first-order valence-corrected chi connectivity index (χ1v) is 13.4. The Kier molecular flexibility index (Phi) is 9.31. The fourth-order valence-corrected chi connectivity index (χ4v) is 5.02. The van der Waals surface area contributed by atoms with Gasteiger partial charge < -0.3 is 24.7 Å². The molecule has 0 aliphatic carbocycles. The second-order valence-electron chi connectivity index (χ2n) is 10.5. The smallest absolute Gasteiger partial charge is 0.323 e. The number of hydrogen-bond donors (Lipinski definition) is 1. The van der Waals surface area contributed by atoms with Crippen LogP contribution in [0.25, 0.3) is 0 Å². The molecule has 8 nitrogen and oxygen atoms in total. The SMILES string of the molecule is Cc1cccc(C[C@]2(C=O)COC(C3CCCN3CC(OC(=O)C(C)N)C(C)OCc3ccccc3)=N2)c1. The number of nitrogens with zero attached hydrogens (tertiary/aromatic N) is 2. The molecule has 2 heterocycles. The lowest BCUT2D eigenvalue weighted by Gasteiger charge is -2.31. The molecule has 0 spiro atoms. The van der Waals surface area contributed by atoms with Gasteiger partial charge in [-0.2, -0.15) is 0 Å². The Balaban J connectivity index is 1.47. The van der Waals surface area contributed by atoms with E-state index in [1.54, 1.807) is 6.92 Å². The summed E-state index contributed by atoms with van der Waals surface area (Å²) in [6, 6.07) is 17.2. The Labute approximate surface area is 225 Å². The van der Waals surface area contributed by atoms with Gasteiger partial charge in [-0.25, -0.2) is 4.99 Å². The molecule has 8 heteroatoms. The van der Waals surface area contributed by atoms with Crippen molar-refractivity contribution in [3.05, 3.63) is 71.3 Å². The Hall–Kier alpha value is -3.07. The molecule has 204 valence electrons. The van der Waals surface area contributed by atoms with Crippen molar-refractivity contribution < 1.29 is 23.8 Å². The Morgan fingerprint density at radius 1 is 1.21 bits per heavy atom. The highest BCUT2D eigenvalue weighted by Gasteiger charge is 2.42. The van der Waals surface area contributed by atoms with Gasteiger partial charge in [-0.3, -0.25) is 9.69 Å². The van der Waals surface area contributed by atoms with Crippen LogP contribution in [0.15, 0.2) is 59.6 Å². The van der Waals surface area contributed by atoms with Gasteiger partial charge in [0, 0.05) is 13.0 Å².